The van der Waals surface area contributed by atoms with Gasteiger partial charge in [0.15, 0.2) is 0 Å². The molecule has 3 heterocycles. The lowest BCUT2D eigenvalue weighted by Gasteiger charge is -2.16. The van der Waals surface area contributed by atoms with Crippen LogP contribution in [-0.2, 0) is 13.1 Å². The van der Waals surface area contributed by atoms with Gasteiger partial charge in [0.1, 0.15) is 7.85 Å². The fourth-order valence-corrected chi connectivity index (χ4v) is 3.13. The lowest BCUT2D eigenvalue weighted by atomic mass is 9.94. The zero-order valence-electron chi connectivity index (χ0n) is 15.1. The Kier molecular flexibility index (Phi) is 4.85. The first kappa shape index (κ1) is 17.2. The van der Waals surface area contributed by atoms with Crippen molar-refractivity contribution in [1.29, 1.82) is 0 Å². The summed E-state index contributed by atoms with van der Waals surface area (Å²) in [6.45, 7) is 1.23. The maximum Gasteiger partial charge on any atom is 0.225 e. The largest absolute Gasteiger partial charge is 0.350 e. The minimum absolute atomic E-state index is 0.593. The summed E-state index contributed by atoms with van der Waals surface area (Å²) in [6.07, 6.45) is 5.25. The average Bonchev–Trinajstić information content (AvgIpc) is 3.11. The summed E-state index contributed by atoms with van der Waals surface area (Å²) >= 11 is 0. The molecule has 0 atom stereocenters. The molecule has 132 valence electrons. The smallest absolute Gasteiger partial charge is 0.225 e. The van der Waals surface area contributed by atoms with Gasteiger partial charge in [0.2, 0.25) is 5.95 Å². The quantitative estimate of drug-likeness (QED) is 0.518. The van der Waals surface area contributed by atoms with Gasteiger partial charge >= 0.3 is 0 Å². The van der Waals surface area contributed by atoms with Crippen molar-refractivity contribution in [1.82, 2.24) is 24.9 Å². The number of pyridine rings is 1. The Morgan fingerprint density at radius 3 is 2.63 bits per heavy atom. The van der Waals surface area contributed by atoms with Gasteiger partial charge in [0, 0.05) is 42.8 Å². The number of anilines is 1. The number of aromatic nitrogens is 4. The number of fused-ring (bicyclic) bond motifs is 1. The van der Waals surface area contributed by atoms with E-state index >= 15 is 0 Å². The Morgan fingerprint density at radius 1 is 1.04 bits per heavy atom. The fraction of sp³-hybridized carbons (Fsp3) is 0.150. The zero-order valence-corrected chi connectivity index (χ0v) is 15.1. The lowest BCUT2D eigenvalue weighted by molar-refractivity contribution is 0.805. The van der Waals surface area contributed by atoms with Gasteiger partial charge in [0.05, 0.1) is 11.2 Å². The molecule has 4 rings (SSSR count). The van der Waals surface area contributed by atoms with Crippen molar-refractivity contribution in [2.24, 2.45) is 0 Å². The molecule has 2 N–H and O–H groups in total. The molecular formula is C20H19BN6. The van der Waals surface area contributed by atoms with Crippen LogP contribution in [0, 0.1) is 0 Å². The summed E-state index contributed by atoms with van der Waals surface area (Å²) in [4.78, 5) is 9.05. The van der Waals surface area contributed by atoms with Gasteiger partial charge in [-0.05, 0) is 18.7 Å². The monoisotopic (exact) mass is 354 g/mol. The van der Waals surface area contributed by atoms with Crippen LogP contribution < -0.4 is 16.1 Å². The molecule has 0 unspecified atom stereocenters. The van der Waals surface area contributed by atoms with E-state index in [0.29, 0.717) is 24.5 Å². The molecule has 7 heteroatoms. The Morgan fingerprint density at radius 2 is 1.89 bits per heavy atom. The van der Waals surface area contributed by atoms with Gasteiger partial charge in [-0.15, -0.1) is 0 Å². The van der Waals surface area contributed by atoms with Gasteiger partial charge in [-0.2, -0.15) is 5.10 Å². The van der Waals surface area contributed by atoms with Gasteiger partial charge in [-0.1, -0.05) is 41.9 Å². The van der Waals surface area contributed by atoms with E-state index in [2.05, 4.69) is 32.8 Å². The van der Waals surface area contributed by atoms with E-state index in [0.717, 1.165) is 27.9 Å². The summed E-state index contributed by atoms with van der Waals surface area (Å²) in [5, 5.41) is 11.0. The highest BCUT2D eigenvalue weighted by atomic mass is 15.3. The minimum atomic E-state index is 0.593. The molecule has 0 saturated carbocycles. The second-order valence-corrected chi connectivity index (χ2v) is 6.23. The molecule has 0 aliphatic heterocycles. The van der Waals surface area contributed by atoms with Gasteiger partial charge in [0.25, 0.3) is 0 Å². The van der Waals surface area contributed by atoms with E-state index in [9.17, 15) is 0 Å². The highest BCUT2D eigenvalue weighted by Gasteiger charge is 2.17. The maximum absolute atomic E-state index is 6.25. The Balaban J connectivity index is 1.85. The van der Waals surface area contributed by atoms with Crippen LogP contribution in [0.1, 0.15) is 11.1 Å². The van der Waals surface area contributed by atoms with Crippen LogP contribution in [0.5, 0.6) is 0 Å². The highest BCUT2D eigenvalue weighted by molar-refractivity contribution is 6.37. The predicted molar refractivity (Wildman–Crippen MR) is 108 cm³/mol. The molecular weight excluding hydrogens is 335 g/mol. The summed E-state index contributed by atoms with van der Waals surface area (Å²) in [7, 11) is 8.16. The molecule has 3 aromatic heterocycles. The van der Waals surface area contributed by atoms with E-state index in [1.165, 1.54) is 0 Å². The van der Waals surface area contributed by atoms with Gasteiger partial charge < -0.3 is 10.6 Å². The van der Waals surface area contributed by atoms with E-state index in [4.69, 9.17) is 12.8 Å². The van der Waals surface area contributed by atoms with Crippen molar-refractivity contribution in [3.63, 3.8) is 0 Å². The number of hydrogen-bond acceptors (Lipinski definition) is 5. The molecule has 0 saturated heterocycles. The molecule has 0 aliphatic rings. The van der Waals surface area contributed by atoms with E-state index in [1.54, 1.807) is 16.9 Å². The number of hydrogen-bond donors (Lipinski definition) is 2. The van der Waals surface area contributed by atoms with Crippen molar-refractivity contribution in [2.75, 3.05) is 12.4 Å². The van der Waals surface area contributed by atoms with Crippen LogP contribution in [0.25, 0.3) is 16.8 Å². The Labute approximate surface area is 159 Å². The number of rotatable bonds is 6. The molecule has 2 radical (unpaired) electrons. The first-order chi connectivity index (χ1) is 13.3. The van der Waals surface area contributed by atoms with Gasteiger partial charge in [-0.25, -0.2) is 9.50 Å². The van der Waals surface area contributed by atoms with E-state index < -0.39 is 0 Å². The van der Waals surface area contributed by atoms with Crippen molar-refractivity contribution in [2.45, 2.75) is 13.1 Å². The van der Waals surface area contributed by atoms with Gasteiger partial charge in [-0.3, -0.25) is 4.98 Å². The standard InChI is InChI=1S/C20H19BN6/c1-22-12-16-18(15-7-3-2-4-8-15)26-20(27-19(16)17(21)13-25-27)24-11-14-6-5-9-23-10-14/h2-10,13,22H,11-12H2,1H3,(H,24,26). The van der Waals surface area contributed by atoms with Crippen molar-refractivity contribution in [3.05, 3.63) is 72.2 Å². The summed E-state index contributed by atoms with van der Waals surface area (Å²) < 4.78 is 1.77. The van der Waals surface area contributed by atoms with Crippen LogP contribution in [-0.4, -0.2) is 34.5 Å². The first-order valence-electron chi connectivity index (χ1n) is 8.77. The third kappa shape index (κ3) is 3.41. The van der Waals surface area contributed by atoms with E-state index in [1.807, 2.05) is 43.6 Å². The molecule has 0 bridgehead atoms. The third-order valence-corrected chi connectivity index (χ3v) is 4.36. The molecule has 0 spiro atoms. The Hall–Kier alpha value is -3.19. The molecule has 0 aliphatic carbocycles. The zero-order chi connectivity index (χ0) is 18.6. The second-order valence-electron chi connectivity index (χ2n) is 6.23. The third-order valence-electron chi connectivity index (χ3n) is 4.36. The topological polar surface area (TPSA) is 67.1 Å². The van der Waals surface area contributed by atoms with Crippen LogP contribution in [0.3, 0.4) is 0 Å². The molecule has 1 aromatic carbocycles. The van der Waals surface area contributed by atoms with Crippen LogP contribution in [0.4, 0.5) is 5.95 Å². The molecule has 4 aromatic rings. The molecule has 27 heavy (non-hydrogen) atoms. The summed E-state index contributed by atoms with van der Waals surface area (Å²) in [5.41, 5.74) is 5.50. The summed E-state index contributed by atoms with van der Waals surface area (Å²) in [6, 6.07) is 14.0. The molecule has 0 fully saturated rings. The van der Waals surface area contributed by atoms with Crippen molar-refractivity contribution in [3.8, 4) is 11.3 Å². The first-order valence-corrected chi connectivity index (χ1v) is 8.77. The SMILES string of the molecule is [B]c1cnn2c(NCc3cccnc3)nc(-c3ccccc3)c(CNC)c12. The van der Waals surface area contributed by atoms with Crippen molar-refractivity contribution >= 4 is 24.8 Å². The maximum atomic E-state index is 6.25. The molecule has 6 nitrogen and oxygen atoms in total. The highest BCUT2D eigenvalue weighted by Crippen LogP contribution is 2.27. The number of benzene rings is 1. The Bertz CT molecular complexity index is 1050. The van der Waals surface area contributed by atoms with Crippen LogP contribution in [0.2, 0.25) is 0 Å². The van der Waals surface area contributed by atoms with Crippen LogP contribution in [0.15, 0.2) is 61.1 Å². The van der Waals surface area contributed by atoms with Crippen LogP contribution >= 0.6 is 0 Å². The number of nitrogens with one attached hydrogen (secondary N) is 2. The van der Waals surface area contributed by atoms with E-state index in [-0.39, 0.29) is 0 Å². The summed E-state index contributed by atoms with van der Waals surface area (Å²) in [5.74, 6) is 0.643. The van der Waals surface area contributed by atoms with Crippen molar-refractivity contribution < 1.29 is 0 Å². The number of nitrogens with zero attached hydrogens (tertiary/aromatic N) is 4. The molecule has 0 amide bonds. The average molecular weight is 354 g/mol. The normalized spacial score (nSPS) is 11.0. The fourth-order valence-electron chi connectivity index (χ4n) is 3.13. The minimum Gasteiger partial charge on any atom is -0.350 e. The second kappa shape index (κ2) is 7.59. The lowest BCUT2D eigenvalue weighted by Crippen LogP contribution is -2.16. The predicted octanol–water partition coefficient (Wildman–Crippen LogP) is 1.92.